The van der Waals surface area contributed by atoms with E-state index in [0.717, 1.165) is 6.54 Å². The third kappa shape index (κ3) is 12.5. The summed E-state index contributed by atoms with van der Waals surface area (Å²) in [7, 11) is 0. The Balaban J connectivity index is 0. The summed E-state index contributed by atoms with van der Waals surface area (Å²) in [6.07, 6.45) is 5.08. The molecule has 110 valence electrons. The second-order valence-electron chi connectivity index (χ2n) is 6.70. The van der Waals surface area contributed by atoms with Crippen LogP contribution in [0.1, 0.15) is 67.2 Å². The number of halogens is 1. The Kier molecular flexibility index (Phi) is 10.2. The number of nitrogens with two attached hydrogens (primary N) is 1. The van der Waals surface area contributed by atoms with Crippen molar-refractivity contribution in [1.29, 1.82) is 0 Å². The molecule has 0 aliphatic carbocycles. The topological polar surface area (TPSA) is 50.4 Å². The lowest BCUT2D eigenvalue weighted by atomic mass is 9.87. The number of guanidine groups is 1. The molecule has 18 heavy (non-hydrogen) atoms. The minimum atomic E-state index is -0.0140. The molecule has 0 aliphatic rings. The normalized spacial score (nSPS) is 13.1. The van der Waals surface area contributed by atoms with Crippen LogP contribution in [0.3, 0.4) is 0 Å². The van der Waals surface area contributed by atoms with E-state index in [4.69, 9.17) is 5.73 Å². The van der Waals surface area contributed by atoms with Crippen LogP contribution < -0.4 is 11.1 Å². The van der Waals surface area contributed by atoms with E-state index < -0.39 is 0 Å². The average Bonchev–Trinajstić information content (AvgIpc) is 2.13. The second-order valence-corrected chi connectivity index (χ2v) is 6.70. The van der Waals surface area contributed by atoms with Gasteiger partial charge in [0.2, 0.25) is 0 Å². The maximum Gasteiger partial charge on any atom is 0.189 e. The van der Waals surface area contributed by atoms with Crippen LogP contribution in [0.5, 0.6) is 0 Å². The second kappa shape index (κ2) is 8.99. The van der Waals surface area contributed by atoms with Gasteiger partial charge in [0.1, 0.15) is 0 Å². The third-order valence-electron chi connectivity index (χ3n) is 2.64. The number of rotatable bonds is 6. The van der Waals surface area contributed by atoms with Crippen molar-refractivity contribution in [2.24, 2.45) is 16.1 Å². The van der Waals surface area contributed by atoms with Crippen LogP contribution >= 0.6 is 24.0 Å². The van der Waals surface area contributed by atoms with Crippen molar-refractivity contribution in [1.82, 2.24) is 5.32 Å². The fourth-order valence-corrected chi connectivity index (χ4v) is 1.66. The van der Waals surface area contributed by atoms with Crippen LogP contribution in [0, 0.1) is 5.41 Å². The molecule has 0 aliphatic heterocycles. The maximum absolute atomic E-state index is 5.86. The standard InChI is InChI=1S/C14H31N3.HI/c1-7-8-9-10-14(5,6)11-16-12(15)17-13(2,3)4;/h7-11H2,1-6H3,(H3,15,16,17);1H. The van der Waals surface area contributed by atoms with Gasteiger partial charge < -0.3 is 11.1 Å². The number of hydrogen-bond donors (Lipinski definition) is 2. The Morgan fingerprint density at radius 3 is 2.11 bits per heavy atom. The minimum Gasteiger partial charge on any atom is -0.370 e. The molecule has 0 spiro atoms. The van der Waals surface area contributed by atoms with Gasteiger partial charge in [-0.1, -0.05) is 40.0 Å². The molecule has 0 aromatic rings. The van der Waals surface area contributed by atoms with Crippen LogP contribution in [-0.2, 0) is 0 Å². The zero-order chi connectivity index (χ0) is 13.5. The van der Waals surface area contributed by atoms with E-state index in [-0.39, 0.29) is 34.9 Å². The van der Waals surface area contributed by atoms with Gasteiger partial charge in [-0.3, -0.25) is 4.99 Å². The fourth-order valence-electron chi connectivity index (χ4n) is 1.66. The molecule has 0 atom stereocenters. The lowest BCUT2D eigenvalue weighted by molar-refractivity contribution is 0.332. The average molecular weight is 369 g/mol. The largest absolute Gasteiger partial charge is 0.370 e. The smallest absolute Gasteiger partial charge is 0.189 e. The van der Waals surface area contributed by atoms with Crippen molar-refractivity contribution in [3.8, 4) is 0 Å². The first-order chi connectivity index (χ1) is 7.66. The molecule has 0 saturated heterocycles. The van der Waals surface area contributed by atoms with Gasteiger partial charge in [0.05, 0.1) is 0 Å². The van der Waals surface area contributed by atoms with Gasteiger partial charge in [-0.2, -0.15) is 0 Å². The molecule has 0 saturated carbocycles. The Hall–Kier alpha value is 0. The lowest BCUT2D eigenvalue weighted by Gasteiger charge is -2.24. The van der Waals surface area contributed by atoms with Crippen molar-refractivity contribution >= 4 is 29.9 Å². The molecule has 0 radical (unpaired) electrons. The highest BCUT2D eigenvalue weighted by Gasteiger charge is 2.17. The molecule has 0 aromatic heterocycles. The molecule has 0 bridgehead atoms. The maximum atomic E-state index is 5.86. The zero-order valence-electron chi connectivity index (χ0n) is 13.0. The molecule has 0 fully saturated rings. The first-order valence-electron chi connectivity index (χ1n) is 6.74. The zero-order valence-corrected chi connectivity index (χ0v) is 15.3. The Morgan fingerprint density at radius 1 is 1.11 bits per heavy atom. The molecule has 0 rings (SSSR count). The summed E-state index contributed by atoms with van der Waals surface area (Å²) in [5, 5.41) is 3.19. The lowest BCUT2D eigenvalue weighted by Crippen LogP contribution is -2.45. The summed E-state index contributed by atoms with van der Waals surface area (Å²) in [5.74, 6) is 0.557. The van der Waals surface area contributed by atoms with E-state index in [2.05, 4.69) is 51.9 Å². The molecular formula is C14H32IN3. The molecular weight excluding hydrogens is 337 g/mol. The first-order valence-corrected chi connectivity index (χ1v) is 6.74. The van der Waals surface area contributed by atoms with Crippen LogP contribution in [0.15, 0.2) is 4.99 Å². The van der Waals surface area contributed by atoms with E-state index in [1.807, 2.05) is 0 Å². The summed E-state index contributed by atoms with van der Waals surface area (Å²) < 4.78 is 0. The number of nitrogens with one attached hydrogen (secondary N) is 1. The predicted molar refractivity (Wildman–Crippen MR) is 92.7 cm³/mol. The van der Waals surface area contributed by atoms with Crippen LogP contribution in [0.4, 0.5) is 0 Å². The Labute approximate surface area is 130 Å². The summed E-state index contributed by atoms with van der Waals surface area (Å²) in [5.41, 5.74) is 6.10. The van der Waals surface area contributed by atoms with Gasteiger partial charge in [-0.05, 0) is 32.6 Å². The molecule has 3 nitrogen and oxygen atoms in total. The van der Waals surface area contributed by atoms with E-state index in [1.54, 1.807) is 0 Å². The molecule has 0 heterocycles. The van der Waals surface area contributed by atoms with Gasteiger partial charge in [-0.25, -0.2) is 0 Å². The molecule has 4 heteroatoms. The van der Waals surface area contributed by atoms with E-state index >= 15 is 0 Å². The van der Waals surface area contributed by atoms with Crippen molar-refractivity contribution in [3.63, 3.8) is 0 Å². The number of hydrogen-bond acceptors (Lipinski definition) is 1. The summed E-state index contributed by atoms with van der Waals surface area (Å²) >= 11 is 0. The highest BCUT2D eigenvalue weighted by Crippen LogP contribution is 2.23. The van der Waals surface area contributed by atoms with Crippen LogP contribution in [0.2, 0.25) is 0 Å². The van der Waals surface area contributed by atoms with Crippen molar-refractivity contribution in [2.45, 2.75) is 72.8 Å². The van der Waals surface area contributed by atoms with Gasteiger partial charge in [0.25, 0.3) is 0 Å². The quantitative estimate of drug-likeness (QED) is 0.323. The van der Waals surface area contributed by atoms with E-state index in [0.29, 0.717) is 5.96 Å². The van der Waals surface area contributed by atoms with Crippen LogP contribution in [0.25, 0.3) is 0 Å². The summed E-state index contributed by atoms with van der Waals surface area (Å²) in [6, 6.07) is 0. The van der Waals surface area contributed by atoms with Gasteiger partial charge >= 0.3 is 0 Å². The molecule has 0 unspecified atom stereocenters. The number of nitrogens with zero attached hydrogens (tertiary/aromatic N) is 1. The third-order valence-corrected chi connectivity index (χ3v) is 2.64. The summed E-state index contributed by atoms with van der Waals surface area (Å²) in [4.78, 5) is 4.44. The van der Waals surface area contributed by atoms with E-state index in [9.17, 15) is 0 Å². The predicted octanol–water partition coefficient (Wildman–Crippen LogP) is 3.91. The molecule has 0 aromatic carbocycles. The Bertz CT molecular complexity index is 242. The van der Waals surface area contributed by atoms with Gasteiger partial charge in [0.15, 0.2) is 5.96 Å². The van der Waals surface area contributed by atoms with Crippen LogP contribution in [-0.4, -0.2) is 18.0 Å². The van der Waals surface area contributed by atoms with Gasteiger partial charge in [-0.15, -0.1) is 24.0 Å². The van der Waals surface area contributed by atoms with Gasteiger partial charge in [0, 0.05) is 12.1 Å². The molecule has 3 N–H and O–H groups in total. The van der Waals surface area contributed by atoms with Crippen molar-refractivity contribution < 1.29 is 0 Å². The monoisotopic (exact) mass is 369 g/mol. The highest BCUT2D eigenvalue weighted by atomic mass is 127. The number of unbranched alkanes of at least 4 members (excludes halogenated alkanes) is 2. The highest BCUT2D eigenvalue weighted by molar-refractivity contribution is 14.0. The van der Waals surface area contributed by atoms with Crippen molar-refractivity contribution in [3.05, 3.63) is 0 Å². The van der Waals surface area contributed by atoms with E-state index in [1.165, 1.54) is 25.7 Å². The minimum absolute atomic E-state index is 0. The fraction of sp³-hybridized carbons (Fsp3) is 0.929. The molecule has 0 amide bonds. The summed E-state index contributed by atoms with van der Waals surface area (Å²) in [6.45, 7) is 13.8. The number of aliphatic imine (C=N–C) groups is 1. The first kappa shape index (κ1) is 20.3. The van der Waals surface area contributed by atoms with Crippen molar-refractivity contribution in [2.75, 3.05) is 6.54 Å². The SMILES string of the molecule is CCCCCC(C)(C)CN=C(N)NC(C)(C)C.I. The Morgan fingerprint density at radius 2 is 1.67 bits per heavy atom.